The van der Waals surface area contributed by atoms with Gasteiger partial charge in [-0.15, -0.1) is 0 Å². The van der Waals surface area contributed by atoms with Gasteiger partial charge in [0.2, 0.25) is 0 Å². The van der Waals surface area contributed by atoms with Crippen LogP contribution in [0.15, 0.2) is 42.9 Å². The summed E-state index contributed by atoms with van der Waals surface area (Å²) in [6, 6.07) is 8.95. The van der Waals surface area contributed by atoms with Crippen LogP contribution in [-0.2, 0) is 0 Å². The Morgan fingerprint density at radius 1 is 1.09 bits per heavy atom. The number of nitrogens with one attached hydrogen (secondary N) is 1. The third-order valence-electron chi connectivity index (χ3n) is 6.78. The lowest BCUT2D eigenvalue weighted by Crippen LogP contribution is -2.38. The van der Waals surface area contributed by atoms with Gasteiger partial charge in [0.25, 0.3) is 0 Å². The zero-order chi connectivity index (χ0) is 22.4. The Labute approximate surface area is 192 Å². The summed E-state index contributed by atoms with van der Waals surface area (Å²) in [6.07, 6.45) is 11.8. The van der Waals surface area contributed by atoms with Gasteiger partial charge in [0, 0.05) is 30.8 Å². The molecule has 1 aromatic carbocycles. The van der Waals surface area contributed by atoms with E-state index < -0.39 is 0 Å². The first-order chi connectivity index (χ1) is 16.2. The third-order valence-corrected chi connectivity index (χ3v) is 6.78. The topological polar surface area (TPSA) is 82.3 Å². The molecule has 0 saturated heterocycles. The summed E-state index contributed by atoms with van der Waals surface area (Å²) in [5, 5.41) is 9.16. The Kier molecular flexibility index (Phi) is 4.88. The monoisotopic (exact) mass is 438 g/mol. The molecule has 2 aliphatic carbocycles. The molecule has 7 nitrogen and oxygen atoms in total. The number of aliphatic hydroxyl groups is 1. The van der Waals surface area contributed by atoms with Crippen molar-refractivity contribution in [2.24, 2.45) is 0 Å². The number of H-pyrrole nitrogens is 1. The normalized spacial score (nSPS) is 15.8. The van der Waals surface area contributed by atoms with Crippen molar-refractivity contribution in [1.82, 2.24) is 24.3 Å². The fourth-order valence-corrected chi connectivity index (χ4v) is 4.43. The first-order valence-electron chi connectivity index (χ1n) is 11.6. The van der Waals surface area contributed by atoms with E-state index in [0.717, 1.165) is 39.8 Å². The fourth-order valence-electron chi connectivity index (χ4n) is 4.43. The van der Waals surface area contributed by atoms with Crippen molar-refractivity contribution in [1.29, 1.82) is 0 Å². The molecule has 0 aliphatic heterocycles. The van der Waals surface area contributed by atoms with Gasteiger partial charge in [-0.05, 0) is 43.6 Å². The van der Waals surface area contributed by atoms with Crippen LogP contribution in [0.25, 0.3) is 28.2 Å². The van der Waals surface area contributed by atoms with Gasteiger partial charge in [-0.1, -0.05) is 30.2 Å². The van der Waals surface area contributed by atoms with Gasteiger partial charge < -0.3 is 15.0 Å². The molecule has 2 fully saturated rings. The summed E-state index contributed by atoms with van der Waals surface area (Å²) < 4.78 is 2.06. The lowest BCUT2D eigenvalue weighted by molar-refractivity contribution is 0.350. The zero-order valence-electron chi connectivity index (χ0n) is 18.6. The maximum Gasteiger partial charge on any atom is 0.180 e. The van der Waals surface area contributed by atoms with Gasteiger partial charge in [-0.25, -0.2) is 15.0 Å². The van der Waals surface area contributed by atoms with Crippen molar-refractivity contribution in [3.05, 3.63) is 54.4 Å². The number of benzene rings is 1. The Balaban J connectivity index is 1.38. The number of rotatable bonds is 5. The van der Waals surface area contributed by atoms with E-state index in [1.807, 2.05) is 18.6 Å². The smallest absolute Gasteiger partial charge is 0.180 e. The van der Waals surface area contributed by atoms with Crippen LogP contribution in [0.1, 0.15) is 49.5 Å². The number of anilines is 1. The summed E-state index contributed by atoms with van der Waals surface area (Å²) in [6.45, 7) is -0.193. The fraction of sp³-hybridized carbons (Fsp3) is 0.346. The minimum Gasteiger partial charge on any atom is -0.384 e. The molecule has 0 spiro atoms. The number of fused-ring (bicyclic) bond motifs is 1. The number of hydrogen-bond donors (Lipinski definition) is 2. The van der Waals surface area contributed by atoms with Gasteiger partial charge in [-0.3, -0.25) is 4.40 Å². The highest BCUT2D eigenvalue weighted by Gasteiger charge is 2.27. The second kappa shape index (κ2) is 8.05. The van der Waals surface area contributed by atoms with Gasteiger partial charge in [0.1, 0.15) is 18.1 Å². The number of aromatic nitrogens is 5. The molecule has 0 amide bonds. The lowest BCUT2D eigenvalue weighted by atomic mass is 9.92. The average Bonchev–Trinajstić information content (AvgIpc) is 3.37. The van der Waals surface area contributed by atoms with Crippen molar-refractivity contribution >= 4 is 11.5 Å². The van der Waals surface area contributed by atoms with Crippen LogP contribution in [0.3, 0.4) is 0 Å². The molecule has 2 saturated carbocycles. The van der Waals surface area contributed by atoms with Gasteiger partial charge >= 0.3 is 0 Å². The van der Waals surface area contributed by atoms with E-state index in [0.29, 0.717) is 17.7 Å². The molecular formula is C26H26N6O. The van der Waals surface area contributed by atoms with Crippen molar-refractivity contribution in [3.8, 4) is 34.4 Å². The molecule has 0 radical (unpaired) electrons. The molecule has 166 valence electrons. The van der Waals surface area contributed by atoms with Crippen molar-refractivity contribution < 1.29 is 5.11 Å². The summed E-state index contributed by atoms with van der Waals surface area (Å²) in [7, 11) is 2.08. The minimum absolute atomic E-state index is 0.193. The summed E-state index contributed by atoms with van der Waals surface area (Å²) >= 11 is 0. The molecular weight excluding hydrogens is 412 g/mol. The highest BCUT2D eigenvalue weighted by atomic mass is 16.2. The van der Waals surface area contributed by atoms with Crippen LogP contribution < -0.4 is 4.90 Å². The van der Waals surface area contributed by atoms with Crippen LogP contribution in [0.4, 0.5) is 5.82 Å². The second-order valence-electron chi connectivity index (χ2n) is 8.98. The molecule has 7 heteroatoms. The van der Waals surface area contributed by atoms with Crippen LogP contribution in [0, 0.1) is 11.8 Å². The van der Waals surface area contributed by atoms with Gasteiger partial charge in [0.05, 0.1) is 23.8 Å². The molecule has 4 aromatic rings. The predicted octanol–water partition coefficient (Wildman–Crippen LogP) is 4.00. The molecule has 6 rings (SSSR count). The molecule has 3 aromatic heterocycles. The predicted molar refractivity (Wildman–Crippen MR) is 128 cm³/mol. The first-order valence-corrected chi connectivity index (χ1v) is 11.6. The molecule has 2 aliphatic rings. The number of nitrogens with zero attached hydrogens (tertiary/aromatic N) is 5. The average molecular weight is 439 g/mol. The van der Waals surface area contributed by atoms with E-state index in [9.17, 15) is 0 Å². The maximum atomic E-state index is 9.16. The minimum atomic E-state index is -0.193. The number of imidazole rings is 2. The van der Waals surface area contributed by atoms with Crippen molar-refractivity contribution in [2.45, 2.75) is 44.1 Å². The largest absolute Gasteiger partial charge is 0.384 e. The lowest BCUT2D eigenvalue weighted by Gasteiger charge is -2.35. The first kappa shape index (κ1) is 20.0. The van der Waals surface area contributed by atoms with Crippen LogP contribution in [0.2, 0.25) is 0 Å². The highest BCUT2D eigenvalue weighted by molar-refractivity contribution is 5.74. The van der Waals surface area contributed by atoms with E-state index in [4.69, 9.17) is 15.1 Å². The second-order valence-corrected chi connectivity index (χ2v) is 8.98. The third kappa shape index (κ3) is 3.66. The van der Waals surface area contributed by atoms with Crippen LogP contribution in [0.5, 0.6) is 0 Å². The Hall–Kier alpha value is -3.63. The summed E-state index contributed by atoms with van der Waals surface area (Å²) in [4.78, 5) is 19.7. The summed E-state index contributed by atoms with van der Waals surface area (Å²) in [5.41, 5.74) is 5.67. The Morgan fingerprint density at radius 2 is 1.88 bits per heavy atom. The zero-order valence-corrected chi connectivity index (χ0v) is 18.6. The standard InChI is InChI=1S/C26H26N6O/c1-31(21-5-2-6-21)26-25-28-15-23(32(25)16-20(29-26)4-3-13-33)18-9-7-17(8-10-18)22-14-27-24(30-22)19-11-12-19/h7-10,14-16,19,21,33H,2,5-6,11-13H2,1H3,(H,27,30). The number of aromatic amines is 1. The van der Waals surface area contributed by atoms with Crippen LogP contribution >= 0.6 is 0 Å². The molecule has 0 unspecified atom stereocenters. The van der Waals surface area contributed by atoms with Crippen molar-refractivity contribution in [3.63, 3.8) is 0 Å². The van der Waals surface area contributed by atoms with Gasteiger partial charge in [0.15, 0.2) is 11.5 Å². The number of aliphatic hydroxyl groups excluding tert-OH is 1. The van der Waals surface area contributed by atoms with E-state index in [1.54, 1.807) is 0 Å². The quantitative estimate of drug-likeness (QED) is 0.461. The molecule has 33 heavy (non-hydrogen) atoms. The Morgan fingerprint density at radius 3 is 2.58 bits per heavy atom. The van der Waals surface area contributed by atoms with E-state index >= 15 is 0 Å². The van der Waals surface area contributed by atoms with E-state index in [2.05, 4.69) is 62.4 Å². The summed E-state index contributed by atoms with van der Waals surface area (Å²) in [5.74, 6) is 8.24. The van der Waals surface area contributed by atoms with E-state index in [-0.39, 0.29) is 6.61 Å². The van der Waals surface area contributed by atoms with Gasteiger partial charge in [-0.2, -0.15) is 0 Å². The number of hydrogen-bond acceptors (Lipinski definition) is 5. The molecule has 0 bridgehead atoms. The van der Waals surface area contributed by atoms with Crippen molar-refractivity contribution in [2.75, 3.05) is 18.6 Å². The highest BCUT2D eigenvalue weighted by Crippen LogP contribution is 2.39. The Bertz CT molecular complexity index is 1370. The van der Waals surface area contributed by atoms with E-state index in [1.165, 1.54) is 32.1 Å². The molecule has 3 heterocycles. The van der Waals surface area contributed by atoms with Crippen LogP contribution in [-0.4, -0.2) is 49.1 Å². The molecule has 2 N–H and O–H groups in total. The molecule has 0 atom stereocenters. The SMILES string of the molecule is CN(c1nc(C#CCO)cn2c(-c3ccc(-c4cnc(C5CC5)[nH]4)cc3)cnc12)C1CCC1. The maximum absolute atomic E-state index is 9.16.